The first-order chi connectivity index (χ1) is 11.3. The Labute approximate surface area is 148 Å². The summed E-state index contributed by atoms with van der Waals surface area (Å²) in [4.78, 5) is 0.259. The van der Waals surface area contributed by atoms with Gasteiger partial charge in [0.25, 0.3) is 0 Å². The molecule has 0 aliphatic heterocycles. The van der Waals surface area contributed by atoms with Gasteiger partial charge < -0.3 is 4.74 Å². The normalized spacial score (nSPS) is 11.7. The van der Waals surface area contributed by atoms with Gasteiger partial charge in [0.15, 0.2) is 0 Å². The number of benzene rings is 2. The lowest BCUT2D eigenvalue weighted by molar-refractivity contribution is 0.322. The predicted molar refractivity (Wildman–Crippen MR) is 97.4 cm³/mol. The number of hydrogen-bond acceptors (Lipinski definition) is 3. The van der Waals surface area contributed by atoms with E-state index < -0.39 is 10.0 Å². The number of ether oxygens (including phenoxy) is 1. The van der Waals surface area contributed by atoms with Crippen molar-refractivity contribution in [2.24, 2.45) is 0 Å². The largest absolute Gasteiger partial charge is 0.492 e. The van der Waals surface area contributed by atoms with Gasteiger partial charge in [-0.1, -0.05) is 37.6 Å². The van der Waals surface area contributed by atoms with E-state index in [0.29, 0.717) is 16.7 Å². The van der Waals surface area contributed by atoms with Gasteiger partial charge in [-0.2, -0.15) is 0 Å². The summed E-state index contributed by atoms with van der Waals surface area (Å²) in [6.07, 6.45) is 0. The molecule has 0 unspecified atom stereocenters. The average molecular weight is 368 g/mol. The van der Waals surface area contributed by atoms with E-state index >= 15 is 0 Å². The zero-order valence-electron chi connectivity index (χ0n) is 14.0. The molecule has 0 aliphatic rings. The molecule has 0 radical (unpaired) electrons. The first-order valence-corrected chi connectivity index (χ1v) is 9.64. The topological polar surface area (TPSA) is 55.4 Å². The van der Waals surface area contributed by atoms with E-state index in [0.717, 1.165) is 11.1 Å². The van der Waals surface area contributed by atoms with Crippen molar-refractivity contribution in [1.29, 1.82) is 0 Å². The highest BCUT2D eigenvalue weighted by atomic mass is 35.5. The molecule has 0 fully saturated rings. The van der Waals surface area contributed by atoms with Gasteiger partial charge in [0.1, 0.15) is 12.4 Å². The van der Waals surface area contributed by atoms with Gasteiger partial charge in [0.05, 0.1) is 4.90 Å². The number of rotatable bonds is 7. The lowest BCUT2D eigenvalue weighted by atomic mass is 10.0. The van der Waals surface area contributed by atoms with Crippen LogP contribution in [0.2, 0.25) is 5.02 Å². The average Bonchev–Trinajstić information content (AvgIpc) is 2.55. The summed E-state index contributed by atoms with van der Waals surface area (Å²) < 4.78 is 32.6. The van der Waals surface area contributed by atoms with E-state index in [9.17, 15) is 8.42 Å². The van der Waals surface area contributed by atoms with Crippen LogP contribution in [0.4, 0.5) is 0 Å². The third kappa shape index (κ3) is 4.97. The van der Waals surface area contributed by atoms with Crippen molar-refractivity contribution < 1.29 is 13.2 Å². The fourth-order valence-corrected chi connectivity index (χ4v) is 3.30. The van der Waals surface area contributed by atoms with Crippen LogP contribution in [0.15, 0.2) is 47.4 Å². The van der Waals surface area contributed by atoms with Crippen LogP contribution >= 0.6 is 11.6 Å². The second-order valence-electron chi connectivity index (χ2n) is 5.88. The molecule has 0 amide bonds. The zero-order chi connectivity index (χ0) is 17.7. The third-order valence-corrected chi connectivity index (χ3v) is 5.55. The third-order valence-electron chi connectivity index (χ3n) is 3.65. The van der Waals surface area contributed by atoms with Gasteiger partial charge in [0, 0.05) is 11.6 Å². The summed E-state index contributed by atoms with van der Waals surface area (Å²) in [5.41, 5.74) is 2.02. The van der Waals surface area contributed by atoms with E-state index in [1.165, 1.54) is 0 Å². The second kappa shape index (κ2) is 8.01. The van der Waals surface area contributed by atoms with Crippen molar-refractivity contribution in [2.45, 2.75) is 31.6 Å². The summed E-state index contributed by atoms with van der Waals surface area (Å²) in [5, 5.41) is 0.674. The van der Waals surface area contributed by atoms with Crippen LogP contribution in [0.3, 0.4) is 0 Å². The molecule has 0 saturated carbocycles. The quantitative estimate of drug-likeness (QED) is 0.748. The zero-order valence-corrected chi connectivity index (χ0v) is 15.6. The fourth-order valence-electron chi connectivity index (χ4n) is 2.17. The van der Waals surface area contributed by atoms with Crippen molar-refractivity contribution in [1.82, 2.24) is 4.72 Å². The molecule has 0 aliphatic carbocycles. The lowest BCUT2D eigenvalue weighted by Gasteiger charge is -2.10. The first-order valence-electron chi connectivity index (χ1n) is 7.78. The molecule has 1 N–H and O–H groups in total. The van der Waals surface area contributed by atoms with Crippen LogP contribution in [0.25, 0.3) is 0 Å². The Bertz CT molecular complexity index is 786. The maximum Gasteiger partial charge on any atom is 0.240 e. The van der Waals surface area contributed by atoms with E-state index in [4.69, 9.17) is 16.3 Å². The summed E-state index contributed by atoms with van der Waals surface area (Å²) in [7, 11) is -3.52. The van der Waals surface area contributed by atoms with Gasteiger partial charge in [-0.05, 0) is 54.3 Å². The molecular weight excluding hydrogens is 346 g/mol. The molecule has 4 nitrogen and oxygen atoms in total. The second-order valence-corrected chi connectivity index (χ2v) is 8.06. The summed E-state index contributed by atoms with van der Waals surface area (Å²) in [5.74, 6) is 1.03. The molecule has 6 heteroatoms. The number of halogens is 1. The van der Waals surface area contributed by atoms with Crippen LogP contribution in [-0.2, 0) is 10.0 Å². The highest BCUT2D eigenvalue weighted by molar-refractivity contribution is 7.89. The summed E-state index contributed by atoms with van der Waals surface area (Å²) in [6.45, 7) is 6.45. The SMILES string of the molecule is Cc1cc(OCCNS(=O)(=O)c2ccc(C(C)C)cc2)ccc1Cl. The maximum absolute atomic E-state index is 12.2. The van der Waals surface area contributed by atoms with Gasteiger partial charge >= 0.3 is 0 Å². The van der Waals surface area contributed by atoms with Crippen LogP contribution in [0.1, 0.15) is 30.9 Å². The van der Waals surface area contributed by atoms with Gasteiger partial charge in [-0.3, -0.25) is 0 Å². The highest BCUT2D eigenvalue weighted by Crippen LogP contribution is 2.21. The van der Waals surface area contributed by atoms with E-state index in [2.05, 4.69) is 18.6 Å². The smallest absolute Gasteiger partial charge is 0.240 e. The molecule has 24 heavy (non-hydrogen) atoms. The monoisotopic (exact) mass is 367 g/mol. The minimum atomic E-state index is -3.52. The molecule has 0 aromatic heterocycles. The Morgan fingerprint density at radius 2 is 1.79 bits per heavy atom. The lowest BCUT2D eigenvalue weighted by Crippen LogP contribution is -2.28. The van der Waals surface area contributed by atoms with Crippen molar-refractivity contribution in [3.8, 4) is 5.75 Å². The van der Waals surface area contributed by atoms with E-state index in [1.807, 2.05) is 25.1 Å². The number of nitrogens with one attached hydrogen (secondary N) is 1. The summed E-state index contributed by atoms with van der Waals surface area (Å²) >= 11 is 5.95. The molecule has 0 saturated heterocycles. The molecule has 0 atom stereocenters. The Balaban J connectivity index is 1.89. The van der Waals surface area contributed by atoms with Crippen molar-refractivity contribution >= 4 is 21.6 Å². The molecule has 2 rings (SSSR count). The Morgan fingerprint density at radius 3 is 2.38 bits per heavy atom. The molecule has 2 aromatic carbocycles. The molecule has 0 spiro atoms. The van der Waals surface area contributed by atoms with Crippen LogP contribution in [0.5, 0.6) is 5.75 Å². The summed E-state index contributed by atoms with van der Waals surface area (Å²) in [6, 6.07) is 12.3. The van der Waals surface area contributed by atoms with Crippen molar-refractivity contribution in [3.05, 3.63) is 58.6 Å². The van der Waals surface area contributed by atoms with Crippen molar-refractivity contribution in [3.63, 3.8) is 0 Å². The number of hydrogen-bond donors (Lipinski definition) is 1. The van der Waals surface area contributed by atoms with Crippen LogP contribution < -0.4 is 9.46 Å². The Kier molecular flexibility index (Phi) is 6.27. The minimum Gasteiger partial charge on any atom is -0.492 e. The molecule has 2 aromatic rings. The van der Waals surface area contributed by atoms with Gasteiger partial charge in [-0.15, -0.1) is 0 Å². The molecule has 0 bridgehead atoms. The van der Waals surface area contributed by atoms with E-state index in [-0.39, 0.29) is 18.0 Å². The Morgan fingerprint density at radius 1 is 1.12 bits per heavy atom. The van der Waals surface area contributed by atoms with E-state index in [1.54, 1.807) is 24.3 Å². The fraction of sp³-hybridized carbons (Fsp3) is 0.333. The van der Waals surface area contributed by atoms with Crippen molar-refractivity contribution in [2.75, 3.05) is 13.2 Å². The minimum absolute atomic E-state index is 0.190. The molecule has 130 valence electrons. The van der Waals surface area contributed by atoms with Crippen LogP contribution in [0, 0.1) is 6.92 Å². The molecule has 0 heterocycles. The van der Waals surface area contributed by atoms with Gasteiger partial charge in [0.2, 0.25) is 10.0 Å². The standard InChI is InChI=1S/C18H22ClNO3S/c1-13(2)15-4-7-17(8-5-15)24(21,22)20-10-11-23-16-6-9-18(19)14(3)12-16/h4-9,12-13,20H,10-11H2,1-3H3. The van der Waals surface area contributed by atoms with Crippen LogP contribution in [-0.4, -0.2) is 21.6 Å². The number of sulfonamides is 1. The van der Waals surface area contributed by atoms with Gasteiger partial charge in [-0.25, -0.2) is 13.1 Å². The first kappa shape index (κ1) is 18.8. The predicted octanol–water partition coefficient (Wildman–Crippen LogP) is 4.13. The maximum atomic E-state index is 12.2. The molecular formula is C18H22ClNO3S. The Hall–Kier alpha value is -1.56. The number of aryl methyl sites for hydroxylation is 1. The highest BCUT2D eigenvalue weighted by Gasteiger charge is 2.13.